The lowest BCUT2D eigenvalue weighted by Crippen LogP contribution is -2.43. The van der Waals surface area contributed by atoms with E-state index in [1.807, 2.05) is 0 Å². The van der Waals surface area contributed by atoms with Crippen molar-refractivity contribution in [1.82, 2.24) is 31.5 Å². The number of hydrogen-bond donors (Lipinski definition) is 4. The number of nitro groups is 2. The van der Waals surface area contributed by atoms with E-state index in [9.17, 15) is 49.0 Å². The number of thioether (sulfide) groups is 2. The fraction of sp³-hybridized carbons (Fsp3) is 0.154. The van der Waals surface area contributed by atoms with Gasteiger partial charge in [0.15, 0.2) is 0 Å². The highest BCUT2D eigenvalue weighted by Crippen LogP contribution is 2.42. The van der Waals surface area contributed by atoms with Crippen molar-refractivity contribution in [1.29, 1.82) is 0 Å². The maximum Gasteiger partial charge on any atom is 0.269 e. The summed E-state index contributed by atoms with van der Waals surface area (Å²) in [6.45, 7) is -0.362. The zero-order valence-corrected chi connectivity index (χ0v) is 27.2. The Balaban J connectivity index is 1.25. The van der Waals surface area contributed by atoms with Crippen LogP contribution in [0.5, 0.6) is 0 Å². The second-order valence-corrected chi connectivity index (χ2v) is 12.7. The number of non-ortho nitro benzene ring substituents is 2. The molecule has 2 aliphatic heterocycles. The molecular weight excluding hydrogens is 713 g/mol. The van der Waals surface area contributed by atoms with Crippen LogP contribution in [0.15, 0.2) is 58.3 Å². The Labute approximate surface area is 288 Å². The van der Waals surface area contributed by atoms with Gasteiger partial charge in [0.1, 0.15) is 8.64 Å². The molecule has 0 unspecified atom stereocenters. The van der Waals surface area contributed by atoms with Crippen LogP contribution in [0.3, 0.4) is 0 Å². The molecular formula is C26H20N8O10S4. The first kappa shape index (κ1) is 35.5. The predicted octanol–water partition coefficient (Wildman–Crippen LogP) is 1.44. The van der Waals surface area contributed by atoms with E-state index in [1.165, 1.54) is 24.3 Å². The number of carbonyl (C=O) groups excluding carboxylic acids is 6. The quantitative estimate of drug-likeness (QED) is 0.117. The molecule has 2 fully saturated rings. The molecule has 48 heavy (non-hydrogen) atoms. The monoisotopic (exact) mass is 732 g/mol. The molecule has 2 aromatic rings. The highest BCUT2D eigenvalue weighted by molar-refractivity contribution is 8.29. The summed E-state index contributed by atoms with van der Waals surface area (Å²) in [5, 5.41) is 21.5. The summed E-state index contributed by atoms with van der Waals surface area (Å²) >= 11 is 12.2. The number of nitrogens with one attached hydrogen (secondary N) is 4. The Morgan fingerprint density at radius 3 is 1.27 bits per heavy atom. The van der Waals surface area contributed by atoms with Gasteiger partial charge in [-0.25, -0.2) is 0 Å². The van der Waals surface area contributed by atoms with Crippen LogP contribution >= 0.6 is 48.0 Å². The molecule has 0 saturated carbocycles. The molecule has 0 aromatic heterocycles. The summed E-state index contributed by atoms with van der Waals surface area (Å²) in [5.41, 5.74) is 8.37. The Bertz CT molecular complexity index is 1670. The van der Waals surface area contributed by atoms with Crippen LogP contribution in [0.4, 0.5) is 11.4 Å². The molecule has 0 spiro atoms. The molecule has 22 heteroatoms. The normalized spacial score (nSPS) is 15.8. The largest absolute Gasteiger partial charge is 0.292 e. The Kier molecular flexibility index (Phi) is 11.5. The van der Waals surface area contributed by atoms with E-state index in [1.54, 1.807) is 0 Å². The van der Waals surface area contributed by atoms with Crippen LogP contribution in [0.25, 0.3) is 0 Å². The second kappa shape index (κ2) is 15.5. The van der Waals surface area contributed by atoms with Crippen LogP contribution in [0.1, 0.15) is 33.6 Å². The molecule has 0 radical (unpaired) electrons. The van der Waals surface area contributed by atoms with E-state index in [2.05, 4.69) is 21.7 Å². The van der Waals surface area contributed by atoms with Crippen molar-refractivity contribution in [2.45, 2.75) is 12.8 Å². The van der Waals surface area contributed by atoms with Gasteiger partial charge >= 0.3 is 0 Å². The standard InChI is InChI=1S/C26H20N8O10S4/c35-17(27-29-21(37)13-1-5-15(6-2-13)33(41)42)9-11-31-23(39)19(47-25(31)45)20-24(40)32(26(46)48-20)12-10-18(36)28-30-22(38)14-3-7-16(8-4-14)34(43)44/h1-8H,9-12H2,(H,27,35)(H,28,36)(H,29,37)(H,30,38)/b20-19+. The van der Waals surface area contributed by atoms with Crippen molar-refractivity contribution < 1.29 is 38.6 Å². The topological polar surface area (TPSA) is 243 Å². The van der Waals surface area contributed by atoms with Gasteiger partial charge in [0.2, 0.25) is 11.8 Å². The molecule has 0 bridgehead atoms. The van der Waals surface area contributed by atoms with Gasteiger partial charge in [0.25, 0.3) is 35.0 Å². The number of hydrogen-bond acceptors (Lipinski definition) is 14. The number of hydrazine groups is 2. The molecule has 2 aliphatic rings. The van der Waals surface area contributed by atoms with Crippen molar-refractivity contribution >= 4 is 103 Å². The maximum atomic E-state index is 13.1. The summed E-state index contributed by atoms with van der Waals surface area (Å²) in [7, 11) is 0. The Hall–Kier alpha value is -5.32. The highest BCUT2D eigenvalue weighted by Gasteiger charge is 2.42. The van der Waals surface area contributed by atoms with Gasteiger partial charge in [-0.2, -0.15) is 0 Å². The number of nitro benzene ring substituents is 2. The number of nitrogens with zero attached hydrogens (tertiary/aromatic N) is 4. The van der Waals surface area contributed by atoms with E-state index in [0.717, 1.165) is 57.6 Å². The SMILES string of the molecule is O=C(CCN1C(=O)/C(=C2\SC(=S)N(CCC(=O)NNC(=O)c3ccc([N+](=O)[O-])cc3)C2=O)SC1=S)NNC(=O)c1ccc([N+](=O)[O-])cc1. The van der Waals surface area contributed by atoms with Crippen LogP contribution in [-0.2, 0) is 19.2 Å². The number of thiocarbonyl (C=S) groups is 2. The molecule has 4 rings (SSSR count). The van der Waals surface area contributed by atoms with Gasteiger partial charge in [-0.05, 0) is 24.3 Å². The second-order valence-electron chi connectivity index (χ2n) is 9.42. The minimum Gasteiger partial charge on any atom is -0.292 e. The average Bonchev–Trinajstić information content (AvgIpc) is 3.51. The highest BCUT2D eigenvalue weighted by atomic mass is 32.2. The summed E-state index contributed by atoms with van der Waals surface area (Å²) in [4.78, 5) is 97.7. The summed E-state index contributed by atoms with van der Waals surface area (Å²) in [6.07, 6.45) is -0.561. The van der Waals surface area contributed by atoms with Crippen molar-refractivity contribution in [3.63, 3.8) is 0 Å². The van der Waals surface area contributed by atoms with Crippen molar-refractivity contribution in [2.75, 3.05) is 13.1 Å². The minimum absolute atomic E-state index is 0.00783. The fourth-order valence-corrected chi connectivity index (χ4v) is 6.65. The first-order valence-corrected chi connectivity index (χ1v) is 15.7. The molecule has 18 nitrogen and oxygen atoms in total. The number of carbonyl (C=O) groups is 6. The first-order valence-electron chi connectivity index (χ1n) is 13.3. The first-order chi connectivity index (χ1) is 22.8. The van der Waals surface area contributed by atoms with Gasteiger partial charge in [-0.15, -0.1) is 0 Å². The van der Waals surface area contributed by atoms with E-state index in [-0.39, 0.29) is 66.9 Å². The zero-order valence-electron chi connectivity index (χ0n) is 24.0. The number of benzene rings is 2. The lowest BCUT2D eigenvalue weighted by atomic mass is 10.2. The van der Waals surface area contributed by atoms with Gasteiger partial charge < -0.3 is 0 Å². The molecule has 4 N–H and O–H groups in total. The van der Waals surface area contributed by atoms with Crippen molar-refractivity contribution in [3.05, 3.63) is 89.7 Å². The number of amides is 6. The third-order valence-electron chi connectivity index (χ3n) is 6.34. The summed E-state index contributed by atoms with van der Waals surface area (Å²) < 4.78 is 0.150. The summed E-state index contributed by atoms with van der Waals surface area (Å²) in [6, 6.07) is 9.37. The molecule has 6 amide bonds. The van der Waals surface area contributed by atoms with E-state index >= 15 is 0 Å². The van der Waals surface area contributed by atoms with Gasteiger partial charge in [-0.1, -0.05) is 48.0 Å². The minimum atomic E-state index is -0.727. The Morgan fingerprint density at radius 2 is 0.958 bits per heavy atom. The molecule has 2 heterocycles. The molecule has 0 aliphatic carbocycles. The molecule has 0 atom stereocenters. The van der Waals surface area contributed by atoms with Gasteiger partial charge in [0, 0.05) is 61.3 Å². The molecule has 248 valence electrons. The molecule has 2 aromatic carbocycles. The van der Waals surface area contributed by atoms with E-state index < -0.39 is 45.3 Å². The van der Waals surface area contributed by atoms with Crippen molar-refractivity contribution in [2.24, 2.45) is 0 Å². The smallest absolute Gasteiger partial charge is 0.269 e. The lowest BCUT2D eigenvalue weighted by Gasteiger charge is -2.15. The van der Waals surface area contributed by atoms with Gasteiger partial charge in [0.05, 0.1) is 19.7 Å². The third kappa shape index (κ3) is 8.52. The fourth-order valence-electron chi connectivity index (χ4n) is 3.87. The zero-order chi connectivity index (χ0) is 35.1. The van der Waals surface area contributed by atoms with Crippen molar-refractivity contribution in [3.8, 4) is 0 Å². The van der Waals surface area contributed by atoms with Crippen LogP contribution in [0.2, 0.25) is 0 Å². The van der Waals surface area contributed by atoms with Crippen LogP contribution < -0.4 is 21.7 Å². The molecule has 2 saturated heterocycles. The van der Waals surface area contributed by atoms with Crippen LogP contribution in [-0.4, -0.2) is 76.8 Å². The Morgan fingerprint density at radius 1 is 0.625 bits per heavy atom. The number of rotatable bonds is 10. The predicted molar refractivity (Wildman–Crippen MR) is 177 cm³/mol. The van der Waals surface area contributed by atoms with E-state index in [0.29, 0.717) is 0 Å². The van der Waals surface area contributed by atoms with Gasteiger partial charge in [-0.3, -0.25) is 80.5 Å². The van der Waals surface area contributed by atoms with E-state index in [4.69, 9.17) is 24.4 Å². The maximum absolute atomic E-state index is 13.1. The lowest BCUT2D eigenvalue weighted by molar-refractivity contribution is -0.385. The summed E-state index contributed by atoms with van der Waals surface area (Å²) in [5.74, 6) is -4.08. The van der Waals surface area contributed by atoms with Crippen LogP contribution in [0, 0.1) is 20.2 Å². The third-order valence-corrected chi connectivity index (χ3v) is 9.37. The average molecular weight is 733 g/mol.